The summed E-state index contributed by atoms with van der Waals surface area (Å²) in [7, 11) is 0. The van der Waals surface area contributed by atoms with Crippen molar-refractivity contribution in [2.45, 2.75) is 13.5 Å². The molecule has 0 N–H and O–H groups in total. The number of pyridine rings is 1. The van der Waals surface area contributed by atoms with Gasteiger partial charge in [0.1, 0.15) is 22.9 Å². The number of ketones is 1. The zero-order valence-electron chi connectivity index (χ0n) is 23.6. The number of imidazole rings is 1. The van der Waals surface area contributed by atoms with Gasteiger partial charge < -0.3 is 9.30 Å². The molecule has 0 bridgehead atoms. The third-order valence-corrected chi connectivity index (χ3v) is 7.67. The number of benzene rings is 4. The molecule has 3 heterocycles. The maximum Gasteiger partial charge on any atom is 0.423 e. The van der Waals surface area contributed by atoms with E-state index in [9.17, 15) is 14.0 Å². The third kappa shape index (κ3) is 5.03. The summed E-state index contributed by atoms with van der Waals surface area (Å²) in [6.45, 7) is 2.55. The molecule has 4 aromatic carbocycles. The lowest BCUT2D eigenvalue weighted by Gasteiger charge is -2.08. The van der Waals surface area contributed by atoms with Crippen LogP contribution in [0.3, 0.4) is 0 Å². The second-order valence-corrected chi connectivity index (χ2v) is 10.5. The molecule has 0 aliphatic heterocycles. The van der Waals surface area contributed by atoms with Crippen LogP contribution in [0.1, 0.15) is 27.3 Å². The molecule has 214 valence electrons. The minimum atomic E-state index is -0.648. The minimum Gasteiger partial charge on any atom is -0.410 e. The van der Waals surface area contributed by atoms with Crippen molar-refractivity contribution < 1.29 is 18.7 Å². The number of ether oxygens (including phenoxy) is 1. The summed E-state index contributed by atoms with van der Waals surface area (Å²) in [5, 5.41) is 0.601. The SMILES string of the molecule is Cc1nc2cnccc2n1Cc1ccc(C(=O)c2cn(C(=O)Oc3ccccc3)c3cc(-c4ccc(F)cc4)ccc23)cc1. The number of nitrogens with zero attached hydrogens (tertiary/aromatic N) is 4. The summed E-state index contributed by atoms with van der Waals surface area (Å²) in [6.07, 6.45) is 4.37. The summed E-state index contributed by atoms with van der Waals surface area (Å²) < 4.78 is 22.7. The maximum atomic E-state index is 13.9. The van der Waals surface area contributed by atoms with E-state index in [4.69, 9.17) is 4.74 Å². The number of para-hydroxylation sites is 1. The number of fused-ring (bicyclic) bond motifs is 2. The molecule has 0 saturated carbocycles. The molecule has 0 spiro atoms. The Morgan fingerprint density at radius 1 is 0.841 bits per heavy atom. The van der Waals surface area contributed by atoms with Crippen molar-refractivity contribution >= 4 is 33.8 Å². The molecule has 0 saturated heterocycles. The lowest BCUT2D eigenvalue weighted by Crippen LogP contribution is -2.15. The molecule has 0 atom stereocenters. The van der Waals surface area contributed by atoms with Crippen LogP contribution < -0.4 is 4.74 Å². The zero-order chi connectivity index (χ0) is 30.2. The number of rotatable bonds is 6. The van der Waals surface area contributed by atoms with Crippen molar-refractivity contribution in [1.29, 1.82) is 0 Å². The topological polar surface area (TPSA) is 79.0 Å². The molecule has 8 heteroatoms. The Morgan fingerprint density at radius 3 is 2.36 bits per heavy atom. The number of carbonyl (C=O) groups excluding carboxylic acids is 2. The Labute approximate surface area is 251 Å². The number of carbonyl (C=O) groups is 2. The predicted molar refractivity (Wildman–Crippen MR) is 166 cm³/mol. The standard InChI is InChI=1S/C36H25FN4O3/c1-23-39-32-20-38-18-17-33(32)40(23)21-24-7-9-26(10-8-24)35(42)31-22-41(36(43)44-29-5-3-2-4-6-29)34-19-27(13-16-30(31)34)25-11-14-28(37)15-12-25/h2-20,22H,21H2,1H3. The van der Waals surface area contributed by atoms with Crippen LogP contribution in [-0.2, 0) is 6.54 Å². The van der Waals surface area contributed by atoms with E-state index < -0.39 is 6.09 Å². The number of aromatic nitrogens is 4. The van der Waals surface area contributed by atoms with Gasteiger partial charge in [0, 0.05) is 35.5 Å². The Balaban J connectivity index is 1.24. The highest BCUT2D eigenvalue weighted by atomic mass is 19.1. The van der Waals surface area contributed by atoms with E-state index in [1.165, 1.54) is 22.9 Å². The van der Waals surface area contributed by atoms with Gasteiger partial charge in [-0.3, -0.25) is 14.3 Å². The van der Waals surface area contributed by atoms with Crippen LogP contribution in [0.5, 0.6) is 5.75 Å². The van der Waals surface area contributed by atoms with Crippen molar-refractivity contribution in [3.05, 3.63) is 150 Å². The van der Waals surface area contributed by atoms with Gasteiger partial charge in [0.05, 0.1) is 17.2 Å². The Bertz CT molecular complexity index is 2170. The first-order chi connectivity index (χ1) is 21.4. The van der Waals surface area contributed by atoms with Crippen molar-refractivity contribution in [1.82, 2.24) is 19.1 Å². The van der Waals surface area contributed by atoms with Gasteiger partial charge in [-0.05, 0) is 60.0 Å². The van der Waals surface area contributed by atoms with E-state index in [2.05, 4.69) is 14.5 Å². The van der Waals surface area contributed by atoms with Gasteiger partial charge in [-0.25, -0.2) is 14.2 Å². The first kappa shape index (κ1) is 27.0. The van der Waals surface area contributed by atoms with Gasteiger partial charge >= 0.3 is 6.09 Å². The van der Waals surface area contributed by atoms with E-state index >= 15 is 0 Å². The Hall–Kier alpha value is -5.89. The van der Waals surface area contributed by atoms with Crippen LogP contribution in [0.15, 0.2) is 122 Å². The second kappa shape index (κ2) is 11.1. The van der Waals surface area contributed by atoms with Gasteiger partial charge in [-0.2, -0.15) is 0 Å². The van der Waals surface area contributed by atoms with Crippen LogP contribution >= 0.6 is 0 Å². The van der Waals surface area contributed by atoms with Crippen LogP contribution in [0, 0.1) is 12.7 Å². The molecule has 0 aliphatic carbocycles. The molecule has 7 nitrogen and oxygen atoms in total. The van der Waals surface area contributed by atoms with Crippen LogP contribution in [0.2, 0.25) is 0 Å². The molecule has 0 amide bonds. The van der Waals surface area contributed by atoms with Crippen molar-refractivity contribution in [3.63, 3.8) is 0 Å². The fraction of sp³-hybridized carbons (Fsp3) is 0.0556. The van der Waals surface area contributed by atoms with Crippen molar-refractivity contribution in [2.75, 3.05) is 0 Å². The number of aryl methyl sites for hydroxylation is 1. The highest BCUT2D eigenvalue weighted by molar-refractivity contribution is 6.17. The fourth-order valence-corrected chi connectivity index (χ4v) is 5.42. The quantitative estimate of drug-likeness (QED) is 0.187. The lowest BCUT2D eigenvalue weighted by molar-refractivity contribution is 0.104. The molecule has 7 rings (SSSR count). The van der Waals surface area contributed by atoms with Crippen LogP contribution in [0.25, 0.3) is 33.1 Å². The molecular formula is C36H25FN4O3. The molecule has 0 fully saturated rings. The molecule has 44 heavy (non-hydrogen) atoms. The molecule has 3 aromatic heterocycles. The van der Waals surface area contributed by atoms with Crippen LogP contribution in [0.4, 0.5) is 9.18 Å². The molecular weight excluding hydrogens is 555 g/mol. The van der Waals surface area contributed by atoms with Gasteiger partial charge in [0.15, 0.2) is 5.78 Å². The average Bonchev–Trinajstić information content (AvgIpc) is 3.59. The highest BCUT2D eigenvalue weighted by Crippen LogP contribution is 2.30. The second-order valence-electron chi connectivity index (χ2n) is 10.5. The first-order valence-corrected chi connectivity index (χ1v) is 14.0. The van der Waals surface area contributed by atoms with Crippen LogP contribution in [-0.4, -0.2) is 31.0 Å². The molecule has 0 unspecified atom stereocenters. The summed E-state index contributed by atoms with van der Waals surface area (Å²) in [5.41, 5.74) is 5.75. The molecule has 7 aromatic rings. The number of hydrogen-bond acceptors (Lipinski definition) is 5. The van der Waals surface area contributed by atoms with Crippen molar-refractivity contribution in [2.24, 2.45) is 0 Å². The third-order valence-electron chi connectivity index (χ3n) is 7.67. The summed E-state index contributed by atoms with van der Waals surface area (Å²) in [4.78, 5) is 36.0. The van der Waals surface area contributed by atoms with E-state index in [0.29, 0.717) is 34.3 Å². The van der Waals surface area contributed by atoms with Gasteiger partial charge in [-0.15, -0.1) is 0 Å². The predicted octanol–water partition coefficient (Wildman–Crippen LogP) is 7.83. The van der Waals surface area contributed by atoms with E-state index in [-0.39, 0.29) is 11.6 Å². The fourth-order valence-electron chi connectivity index (χ4n) is 5.42. The largest absolute Gasteiger partial charge is 0.423 e. The summed E-state index contributed by atoms with van der Waals surface area (Å²) in [6, 6.07) is 29.7. The smallest absolute Gasteiger partial charge is 0.410 e. The zero-order valence-corrected chi connectivity index (χ0v) is 23.6. The molecule has 0 radical (unpaired) electrons. The lowest BCUT2D eigenvalue weighted by atomic mass is 9.99. The monoisotopic (exact) mass is 580 g/mol. The Kier molecular flexibility index (Phi) is 6.79. The maximum absolute atomic E-state index is 13.9. The van der Waals surface area contributed by atoms with E-state index in [0.717, 1.165) is 33.5 Å². The van der Waals surface area contributed by atoms with Crippen molar-refractivity contribution in [3.8, 4) is 16.9 Å². The normalized spacial score (nSPS) is 11.2. The number of hydrogen-bond donors (Lipinski definition) is 0. The summed E-state index contributed by atoms with van der Waals surface area (Å²) >= 11 is 0. The van der Waals surface area contributed by atoms with E-state index in [1.807, 2.05) is 49.4 Å². The molecule has 0 aliphatic rings. The first-order valence-electron chi connectivity index (χ1n) is 14.0. The van der Waals surface area contributed by atoms with Gasteiger partial charge in [-0.1, -0.05) is 66.7 Å². The van der Waals surface area contributed by atoms with Gasteiger partial charge in [0.2, 0.25) is 0 Å². The van der Waals surface area contributed by atoms with E-state index in [1.54, 1.807) is 60.9 Å². The minimum absolute atomic E-state index is 0.224. The van der Waals surface area contributed by atoms with Gasteiger partial charge in [0.25, 0.3) is 0 Å². The summed E-state index contributed by atoms with van der Waals surface area (Å²) in [5.74, 6) is 0.699. The average molecular weight is 581 g/mol. The number of halogens is 1. The Morgan fingerprint density at radius 2 is 1.59 bits per heavy atom. The highest BCUT2D eigenvalue weighted by Gasteiger charge is 2.22.